The van der Waals surface area contributed by atoms with Crippen molar-refractivity contribution < 1.29 is 9.59 Å². The van der Waals surface area contributed by atoms with Crippen LogP contribution >= 0.6 is 0 Å². The molecule has 6 heteroatoms. The predicted octanol–water partition coefficient (Wildman–Crippen LogP) is 1.51. The normalized spacial score (nSPS) is 33.0. The molecule has 28 heavy (non-hydrogen) atoms. The molecule has 1 aromatic carbocycles. The molecule has 5 rings (SSSR count). The standard InChI is InChI=1S/C22H30N4O2/c1-3-24-11-13-25(14-12-24)20(27)18-15-16-7-6-10-26(16)22(18)17-8-4-5-9-19(17)23(2)21(22)28/h4-5,8-9,16,18H,3,6-7,10-15H2,1-2H3. The summed E-state index contributed by atoms with van der Waals surface area (Å²) in [5, 5.41) is 0. The van der Waals surface area contributed by atoms with E-state index in [0.29, 0.717) is 6.04 Å². The van der Waals surface area contributed by atoms with Crippen LogP contribution in [0.4, 0.5) is 5.69 Å². The Morgan fingerprint density at radius 3 is 2.64 bits per heavy atom. The van der Waals surface area contributed by atoms with Gasteiger partial charge in [-0.15, -0.1) is 0 Å². The summed E-state index contributed by atoms with van der Waals surface area (Å²) in [7, 11) is 1.86. The van der Waals surface area contributed by atoms with Crippen molar-refractivity contribution in [3.63, 3.8) is 0 Å². The van der Waals surface area contributed by atoms with Crippen LogP contribution in [0, 0.1) is 5.92 Å². The highest BCUT2D eigenvalue weighted by atomic mass is 16.2. The maximum Gasteiger partial charge on any atom is 0.252 e. The number of anilines is 1. The minimum atomic E-state index is -0.800. The minimum absolute atomic E-state index is 0.0867. The number of amides is 2. The Bertz CT molecular complexity index is 803. The molecule has 3 saturated heterocycles. The number of para-hydroxylation sites is 1. The van der Waals surface area contributed by atoms with Crippen molar-refractivity contribution in [1.82, 2.24) is 14.7 Å². The van der Waals surface area contributed by atoms with Gasteiger partial charge >= 0.3 is 0 Å². The number of rotatable bonds is 2. The van der Waals surface area contributed by atoms with Crippen LogP contribution < -0.4 is 4.90 Å². The van der Waals surface area contributed by atoms with E-state index in [2.05, 4.69) is 22.8 Å². The van der Waals surface area contributed by atoms with E-state index < -0.39 is 5.54 Å². The second kappa shape index (κ2) is 6.56. The number of carbonyl (C=O) groups excluding carboxylic acids is 2. The third-order valence-electron chi connectivity index (χ3n) is 7.58. The molecule has 150 valence electrons. The van der Waals surface area contributed by atoms with Crippen molar-refractivity contribution in [2.24, 2.45) is 5.92 Å². The zero-order valence-corrected chi connectivity index (χ0v) is 16.9. The van der Waals surface area contributed by atoms with E-state index in [4.69, 9.17) is 0 Å². The van der Waals surface area contributed by atoms with Crippen molar-refractivity contribution in [2.75, 3.05) is 51.2 Å². The summed E-state index contributed by atoms with van der Waals surface area (Å²) in [4.78, 5) is 36.1. The molecule has 1 spiro atoms. The third-order valence-corrected chi connectivity index (χ3v) is 7.58. The molecule has 4 aliphatic heterocycles. The number of nitrogens with zero attached hydrogens (tertiary/aromatic N) is 4. The van der Waals surface area contributed by atoms with Gasteiger partial charge in [-0.25, -0.2) is 0 Å². The van der Waals surface area contributed by atoms with Gasteiger partial charge in [-0.05, 0) is 38.4 Å². The largest absolute Gasteiger partial charge is 0.340 e. The molecule has 1 aromatic rings. The molecule has 0 radical (unpaired) electrons. The van der Waals surface area contributed by atoms with Crippen molar-refractivity contribution in [3.05, 3.63) is 29.8 Å². The lowest BCUT2D eigenvalue weighted by atomic mass is 9.78. The van der Waals surface area contributed by atoms with Gasteiger partial charge in [0.15, 0.2) is 0 Å². The lowest BCUT2D eigenvalue weighted by Crippen LogP contribution is -2.58. The number of carbonyl (C=O) groups is 2. The first-order valence-corrected chi connectivity index (χ1v) is 10.7. The van der Waals surface area contributed by atoms with Gasteiger partial charge in [0.1, 0.15) is 5.54 Å². The molecule has 0 N–H and O–H groups in total. The maximum absolute atomic E-state index is 13.8. The van der Waals surface area contributed by atoms with Crippen LogP contribution in [-0.2, 0) is 15.1 Å². The fourth-order valence-corrected chi connectivity index (χ4v) is 6.16. The van der Waals surface area contributed by atoms with Crippen LogP contribution in [-0.4, -0.2) is 78.9 Å². The minimum Gasteiger partial charge on any atom is -0.340 e. The Morgan fingerprint density at radius 2 is 1.89 bits per heavy atom. The first kappa shape index (κ1) is 18.1. The van der Waals surface area contributed by atoms with Crippen LogP contribution in [0.1, 0.15) is 31.7 Å². The van der Waals surface area contributed by atoms with E-state index in [0.717, 1.165) is 69.8 Å². The van der Waals surface area contributed by atoms with Gasteiger partial charge in [0.2, 0.25) is 5.91 Å². The number of benzene rings is 1. The van der Waals surface area contributed by atoms with E-state index in [9.17, 15) is 9.59 Å². The molecule has 2 amide bonds. The van der Waals surface area contributed by atoms with Gasteiger partial charge in [0.05, 0.1) is 5.92 Å². The van der Waals surface area contributed by atoms with Crippen molar-refractivity contribution in [2.45, 2.75) is 37.8 Å². The van der Waals surface area contributed by atoms with Gasteiger partial charge in [-0.3, -0.25) is 14.5 Å². The van der Waals surface area contributed by atoms with Crippen LogP contribution in [0.3, 0.4) is 0 Å². The molecule has 0 saturated carbocycles. The predicted molar refractivity (Wildman–Crippen MR) is 108 cm³/mol. The monoisotopic (exact) mass is 382 g/mol. The topological polar surface area (TPSA) is 47.1 Å². The first-order valence-electron chi connectivity index (χ1n) is 10.7. The summed E-state index contributed by atoms with van der Waals surface area (Å²) >= 11 is 0. The molecular weight excluding hydrogens is 352 g/mol. The smallest absolute Gasteiger partial charge is 0.252 e. The Morgan fingerprint density at radius 1 is 1.14 bits per heavy atom. The second-order valence-electron chi connectivity index (χ2n) is 8.68. The highest BCUT2D eigenvalue weighted by molar-refractivity contribution is 6.10. The molecule has 4 aliphatic rings. The fraction of sp³-hybridized carbons (Fsp3) is 0.636. The quantitative estimate of drug-likeness (QED) is 0.778. The molecule has 0 aromatic heterocycles. The zero-order valence-electron chi connectivity index (χ0n) is 16.9. The molecule has 0 aliphatic carbocycles. The molecule has 3 unspecified atom stereocenters. The lowest BCUT2D eigenvalue weighted by molar-refractivity contribution is -0.146. The summed E-state index contributed by atoms with van der Waals surface area (Å²) in [5.41, 5.74) is 1.21. The molecule has 3 atom stereocenters. The highest BCUT2D eigenvalue weighted by Crippen LogP contribution is 2.57. The molecule has 6 nitrogen and oxygen atoms in total. The van der Waals surface area contributed by atoms with Crippen LogP contribution in [0.5, 0.6) is 0 Å². The van der Waals surface area contributed by atoms with Gasteiger partial charge in [-0.1, -0.05) is 25.1 Å². The second-order valence-corrected chi connectivity index (χ2v) is 8.68. The third kappa shape index (κ3) is 2.28. The van der Waals surface area contributed by atoms with Crippen LogP contribution in [0.15, 0.2) is 24.3 Å². The summed E-state index contributed by atoms with van der Waals surface area (Å²) < 4.78 is 0. The van der Waals surface area contributed by atoms with Crippen molar-refractivity contribution >= 4 is 17.5 Å². The van der Waals surface area contributed by atoms with E-state index in [-0.39, 0.29) is 17.7 Å². The first-order chi connectivity index (χ1) is 13.6. The zero-order chi connectivity index (χ0) is 19.5. The summed E-state index contributed by atoms with van der Waals surface area (Å²) in [6.45, 7) is 7.51. The Kier molecular flexibility index (Phi) is 4.25. The maximum atomic E-state index is 13.8. The summed E-state index contributed by atoms with van der Waals surface area (Å²) in [6, 6.07) is 8.44. The van der Waals surface area contributed by atoms with Crippen molar-refractivity contribution in [1.29, 1.82) is 0 Å². The Labute approximate surface area is 167 Å². The molecular formula is C22H30N4O2. The highest BCUT2D eigenvalue weighted by Gasteiger charge is 2.67. The van der Waals surface area contributed by atoms with E-state index in [1.165, 1.54) is 0 Å². The average Bonchev–Trinajstić information content (AvgIpc) is 3.38. The summed E-state index contributed by atoms with van der Waals surface area (Å²) in [6.07, 6.45) is 3.01. The molecule has 0 bridgehead atoms. The van der Waals surface area contributed by atoms with Gasteiger partial charge in [0.25, 0.3) is 5.91 Å². The van der Waals surface area contributed by atoms with Crippen LogP contribution in [0.25, 0.3) is 0 Å². The van der Waals surface area contributed by atoms with E-state index >= 15 is 0 Å². The number of piperazine rings is 1. The average molecular weight is 383 g/mol. The number of hydrogen-bond donors (Lipinski definition) is 0. The Hall–Kier alpha value is -1.92. The lowest BCUT2D eigenvalue weighted by Gasteiger charge is -2.40. The van der Waals surface area contributed by atoms with E-state index in [1.807, 2.05) is 30.1 Å². The van der Waals surface area contributed by atoms with Crippen molar-refractivity contribution in [3.8, 4) is 0 Å². The van der Waals surface area contributed by atoms with Gasteiger partial charge in [0, 0.05) is 50.5 Å². The van der Waals surface area contributed by atoms with E-state index in [1.54, 1.807) is 4.90 Å². The number of hydrogen-bond acceptors (Lipinski definition) is 4. The van der Waals surface area contributed by atoms with Gasteiger partial charge < -0.3 is 14.7 Å². The molecule has 4 heterocycles. The SMILES string of the molecule is CCN1CCN(C(=O)C2CC3CCCN3C23C(=O)N(C)c2ccccc23)CC1. The Balaban J connectivity index is 1.55. The molecule has 3 fully saturated rings. The fourth-order valence-electron chi connectivity index (χ4n) is 6.16. The summed E-state index contributed by atoms with van der Waals surface area (Å²) in [5.74, 6) is -0.00294. The van der Waals surface area contributed by atoms with Crippen LogP contribution in [0.2, 0.25) is 0 Å². The number of fused-ring (bicyclic) bond motifs is 4. The number of likely N-dealkylation sites (N-methyl/N-ethyl adjacent to an activating group) is 2. The van der Waals surface area contributed by atoms with Gasteiger partial charge in [-0.2, -0.15) is 0 Å².